The van der Waals surface area contributed by atoms with Crippen molar-refractivity contribution in [2.45, 2.75) is 39.1 Å². The smallest absolute Gasteiger partial charge is 0.306 e. The molecule has 0 bridgehead atoms. The lowest BCUT2D eigenvalue weighted by molar-refractivity contribution is -0.144. The average molecular weight is 578 g/mol. The summed E-state index contributed by atoms with van der Waals surface area (Å²) in [6, 6.07) is 9.97. The maximum atomic E-state index is 12.2. The fourth-order valence-corrected chi connectivity index (χ4v) is 5.14. The number of halogens is 4. The van der Waals surface area contributed by atoms with Gasteiger partial charge in [0.1, 0.15) is 5.78 Å². The molecule has 1 rings (SSSR count). The number of ketones is 1. The SMILES string of the molecule is CCOC(=O)CCC(=O)[C@H](Br)[C@H](Br)[C@H](Br)[C@H](Br)c1ccccc1. The maximum absolute atomic E-state index is 12.2. The number of hydrogen-bond donors (Lipinski definition) is 0. The molecule has 0 saturated heterocycles. The Balaban J connectivity index is 2.59. The average Bonchev–Trinajstić information content (AvgIpc) is 2.58. The van der Waals surface area contributed by atoms with E-state index in [-0.39, 0.29) is 39.1 Å². The van der Waals surface area contributed by atoms with Gasteiger partial charge in [0.2, 0.25) is 0 Å². The topological polar surface area (TPSA) is 43.4 Å². The first-order chi connectivity index (χ1) is 10.9. The van der Waals surface area contributed by atoms with Crippen LogP contribution >= 0.6 is 63.7 Å². The first-order valence-electron chi connectivity index (χ1n) is 7.18. The van der Waals surface area contributed by atoms with Crippen LogP contribution in [0.3, 0.4) is 0 Å². The van der Waals surface area contributed by atoms with E-state index in [1.54, 1.807) is 6.92 Å². The van der Waals surface area contributed by atoms with E-state index in [0.717, 1.165) is 5.56 Å². The van der Waals surface area contributed by atoms with Gasteiger partial charge in [-0.3, -0.25) is 9.59 Å². The number of benzene rings is 1. The molecular formula is C16H18Br4O3. The molecule has 0 fully saturated rings. The van der Waals surface area contributed by atoms with E-state index in [1.807, 2.05) is 30.3 Å². The molecule has 0 aliphatic heterocycles. The Kier molecular flexibility index (Phi) is 10.2. The standard InChI is InChI=1S/C16H18Br4O3/c1-2-23-12(22)9-8-11(21)14(18)16(20)15(19)13(17)10-6-4-3-5-7-10/h3-7,13-16H,2,8-9H2,1H3/t13-,14+,15-,16+/m1/s1. The molecule has 0 radical (unpaired) electrons. The lowest BCUT2D eigenvalue weighted by Gasteiger charge is -2.25. The molecule has 0 saturated carbocycles. The number of esters is 1. The molecular weight excluding hydrogens is 560 g/mol. The third kappa shape index (κ3) is 6.96. The van der Waals surface area contributed by atoms with Gasteiger partial charge in [-0.25, -0.2) is 0 Å². The van der Waals surface area contributed by atoms with Crippen LogP contribution in [0.25, 0.3) is 0 Å². The van der Waals surface area contributed by atoms with Crippen molar-refractivity contribution in [3.63, 3.8) is 0 Å². The zero-order valence-corrected chi connectivity index (χ0v) is 18.9. The molecule has 0 spiro atoms. The molecule has 0 amide bonds. The quantitative estimate of drug-likeness (QED) is 0.295. The Labute approximate surface area is 170 Å². The van der Waals surface area contributed by atoms with Crippen LogP contribution in [0.4, 0.5) is 0 Å². The number of hydrogen-bond acceptors (Lipinski definition) is 3. The van der Waals surface area contributed by atoms with Gasteiger partial charge < -0.3 is 4.74 Å². The first kappa shape index (κ1) is 21.3. The molecule has 128 valence electrons. The summed E-state index contributed by atoms with van der Waals surface area (Å²) in [4.78, 5) is 23.1. The van der Waals surface area contributed by atoms with Crippen LogP contribution in [0.2, 0.25) is 0 Å². The van der Waals surface area contributed by atoms with E-state index in [4.69, 9.17) is 4.74 Å². The second kappa shape index (κ2) is 11.0. The summed E-state index contributed by atoms with van der Waals surface area (Å²) < 4.78 is 4.84. The molecule has 0 N–H and O–H groups in total. The molecule has 1 aromatic carbocycles. The van der Waals surface area contributed by atoms with Gasteiger partial charge in [-0.2, -0.15) is 0 Å². The molecule has 0 unspecified atom stereocenters. The van der Waals surface area contributed by atoms with E-state index in [0.29, 0.717) is 6.61 Å². The molecule has 0 aliphatic rings. The minimum Gasteiger partial charge on any atom is -0.466 e. The third-order valence-electron chi connectivity index (χ3n) is 3.17. The fourth-order valence-electron chi connectivity index (χ4n) is 1.92. The number of alkyl halides is 4. The van der Waals surface area contributed by atoms with Gasteiger partial charge in [-0.05, 0) is 12.5 Å². The second-order valence-electron chi connectivity index (χ2n) is 4.87. The van der Waals surface area contributed by atoms with Crippen molar-refractivity contribution in [2.75, 3.05) is 6.61 Å². The summed E-state index contributed by atoms with van der Waals surface area (Å²) in [7, 11) is 0. The van der Waals surface area contributed by atoms with E-state index >= 15 is 0 Å². The van der Waals surface area contributed by atoms with Gasteiger partial charge in [-0.15, -0.1) is 0 Å². The maximum Gasteiger partial charge on any atom is 0.306 e. The highest BCUT2D eigenvalue weighted by molar-refractivity contribution is 9.14. The number of carbonyl (C=O) groups is 2. The van der Waals surface area contributed by atoms with Crippen molar-refractivity contribution in [3.05, 3.63) is 35.9 Å². The van der Waals surface area contributed by atoms with Crippen molar-refractivity contribution < 1.29 is 14.3 Å². The van der Waals surface area contributed by atoms with Crippen LogP contribution in [0, 0.1) is 0 Å². The monoisotopic (exact) mass is 574 g/mol. The van der Waals surface area contributed by atoms with Crippen LogP contribution in [-0.2, 0) is 14.3 Å². The summed E-state index contributed by atoms with van der Waals surface area (Å²) in [5, 5.41) is 0. The minimum atomic E-state index is -0.398. The Bertz CT molecular complexity index is 509. The van der Waals surface area contributed by atoms with Gasteiger partial charge >= 0.3 is 5.97 Å². The second-order valence-corrected chi connectivity index (χ2v) is 8.96. The lowest BCUT2D eigenvalue weighted by atomic mass is 10.0. The molecule has 7 heteroatoms. The largest absolute Gasteiger partial charge is 0.466 e. The first-order valence-corrected chi connectivity index (χ1v) is 10.8. The van der Waals surface area contributed by atoms with Crippen molar-refractivity contribution >= 4 is 75.5 Å². The van der Waals surface area contributed by atoms with E-state index in [2.05, 4.69) is 63.7 Å². The number of ether oxygens (including phenoxy) is 1. The lowest BCUT2D eigenvalue weighted by Crippen LogP contribution is -2.33. The molecule has 1 aromatic rings. The van der Waals surface area contributed by atoms with Gasteiger partial charge in [0, 0.05) is 16.1 Å². The van der Waals surface area contributed by atoms with Crippen LogP contribution in [0.15, 0.2) is 30.3 Å². The summed E-state index contributed by atoms with van der Waals surface area (Å²) in [6.07, 6.45) is 0.271. The highest BCUT2D eigenvalue weighted by Crippen LogP contribution is 2.38. The van der Waals surface area contributed by atoms with Crippen molar-refractivity contribution in [1.82, 2.24) is 0 Å². The minimum absolute atomic E-state index is 0.0131. The van der Waals surface area contributed by atoms with Gasteiger partial charge in [0.15, 0.2) is 0 Å². The summed E-state index contributed by atoms with van der Waals surface area (Å²) in [5.74, 6) is -0.373. The van der Waals surface area contributed by atoms with E-state index < -0.39 is 4.83 Å². The van der Waals surface area contributed by atoms with Gasteiger partial charge in [-0.1, -0.05) is 94.1 Å². The van der Waals surface area contributed by atoms with Crippen molar-refractivity contribution in [1.29, 1.82) is 0 Å². The fraction of sp³-hybridized carbons (Fsp3) is 0.500. The number of carbonyl (C=O) groups excluding carboxylic acids is 2. The number of Topliss-reactive ketones (excluding diaryl/α,β-unsaturated/α-hetero) is 1. The van der Waals surface area contributed by atoms with Crippen LogP contribution < -0.4 is 0 Å². The summed E-state index contributed by atoms with van der Waals surface area (Å²) in [6.45, 7) is 2.08. The Morgan fingerprint density at radius 3 is 2.17 bits per heavy atom. The number of rotatable bonds is 9. The van der Waals surface area contributed by atoms with Crippen LogP contribution in [0.5, 0.6) is 0 Å². The van der Waals surface area contributed by atoms with E-state index in [9.17, 15) is 9.59 Å². The zero-order chi connectivity index (χ0) is 17.4. The highest BCUT2D eigenvalue weighted by atomic mass is 79.9. The van der Waals surface area contributed by atoms with Gasteiger partial charge in [0.05, 0.1) is 22.7 Å². The molecule has 0 heterocycles. The molecule has 3 nitrogen and oxygen atoms in total. The molecule has 0 aromatic heterocycles. The van der Waals surface area contributed by atoms with Gasteiger partial charge in [0.25, 0.3) is 0 Å². The molecule has 4 atom stereocenters. The van der Waals surface area contributed by atoms with Crippen LogP contribution in [-0.4, -0.2) is 32.8 Å². The molecule has 0 aliphatic carbocycles. The Morgan fingerprint density at radius 2 is 1.61 bits per heavy atom. The molecule has 23 heavy (non-hydrogen) atoms. The summed E-state index contributed by atoms with van der Waals surface area (Å²) >= 11 is 14.3. The zero-order valence-electron chi connectivity index (χ0n) is 12.6. The summed E-state index contributed by atoms with van der Waals surface area (Å²) in [5.41, 5.74) is 1.12. The Morgan fingerprint density at radius 1 is 1.00 bits per heavy atom. The van der Waals surface area contributed by atoms with Crippen LogP contribution in [0.1, 0.15) is 30.2 Å². The Hall–Kier alpha value is 0.280. The van der Waals surface area contributed by atoms with E-state index in [1.165, 1.54) is 0 Å². The third-order valence-corrected chi connectivity index (χ3v) is 9.67. The predicted molar refractivity (Wildman–Crippen MR) is 107 cm³/mol. The van der Waals surface area contributed by atoms with Crippen molar-refractivity contribution in [3.8, 4) is 0 Å². The normalized spacial score (nSPS) is 16.2. The predicted octanol–water partition coefficient (Wildman–Crippen LogP) is 5.33. The van der Waals surface area contributed by atoms with Crippen molar-refractivity contribution in [2.24, 2.45) is 0 Å². The highest BCUT2D eigenvalue weighted by Gasteiger charge is 2.33.